The van der Waals surface area contributed by atoms with Gasteiger partial charge in [0, 0.05) is 19.5 Å². The largest absolute Gasteiger partial charge is 0.491 e. The molecule has 3 atom stereocenters. The van der Waals surface area contributed by atoms with E-state index < -0.39 is 30.0 Å². The van der Waals surface area contributed by atoms with Gasteiger partial charge in [-0.2, -0.15) is 0 Å². The lowest BCUT2D eigenvalue weighted by Crippen LogP contribution is -2.56. The number of aliphatic hydroxyl groups excluding tert-OH is 1. The van der Waals surface area contributed by atoms with Crippen molar-refractivity contribution in [3.8, 4) is 5.75 Å². The van der Waals surface area contributed by atoms with Crippen LogP contribution in [-0.2, 0) is 14.4 Å². The van der Waals surface area contributed by atoms with Crippen molar-refractivity contribution in [2.75, 3.05) is 19.7 Å². The number of carbonyl (C=O) groups excluding carboxylic acids is 4. The minimum atomic E-state index is -1.04. The average molecular weight is 517 g/mol. The highest BCUT2D eigenvalue weighted by molar-refractivity contribution is 6.00. The molecule has 4 N–H and O–H groups in total. The van der Waals surface area contributed by atoms with Crippen molar-refractivity contribution in [3.63, 3.8) is 0 Å². The van der Waals surface area contributed by atoms with Crippen molar-refractivity contribution in [1.29, 1.82) is 0 Å². The fourth-order valence-corrected chi connectivity index (χ4v) is 4.57. The molecule has 0 aromatic heterocycles. The van der Waals surface area contributed by atoms with E-state index in [1.54, 1.807) is 24.3 Å². The minimum Gasteiger partial charge on any atom is -0.491 e. The number of hydrogen-bond acceptors (Lipinski definition) is 6. The maximum atomic E-state index is 13.4. The van der Waals surface area contributed by atoms with Crippen LogP contribution in [0.15, 0.2) is 24.3 Å². The smallest absolute Gasteiger partial charge is 0.255 e. The summed E-state index contributed by atoms with van der Waals surface area (Å²) in [7, 11) is 0. The van der Waals surface area contributed by atoms with Gasteiger partial charge in [0.15, 0.2) is 0 Å². The maximum Gasteiger partial charge on any atom is 0.255 e. The molecular formula is C27H40N4O6. The minimum absolute atomic E-state index is 0.0146. The zero-order valence-electron chi connectivity index (χ0n) is 22.2. The Morgan fingerprint density at radius 2 is 1.62 bits per heavy atom. The predicted octanol–water partition coefficient (Wildman–Crippen LogP) is 1.22. The number of nitrogens with one attached hydrogen (secondary N) is 3. The number of ether oxygens (including phenoxy) is 1. The van der Waals surface area contributed by atoms with Gasteiger partial charge in [0.25, 0.3) is 5.91 Å². The summed E-state index contributed by atoms with van der Waals surface area (Å²) in [6, 6.07) is 4.61. The number of benzene rings is 1. The van der Waals surface area contributed by atoms with E-state index in [0.717, 1.165) is 0 Å². The summed E-state index contributed by atoms with van der Waals surface area (Å²) < 4.78 is 6.01. The van der Waals surface area contributed by atoms with Crippen molar-refractivity contribution in [2.45, 2.75) is 77.6 Å². The second-order valence-electron chi connectivity index (χ2n) is 10.9. The van der Waals surface area contributed by atoms with E-state index in [1.807, 2.05) is 13.8 Å². The molecule has 1 aromatic rings. The SMILES string of the molecule is CC(C)C[C@H]1COc2ccccc2C(=O)N[C@@H](CCC(=O)N2CC(O)C2)C(=O)N[C@H](CC(C)C)C(=O)N1. The molecule has 37 heavy (non-hydrogen) atoms. The lowest BCUT2D eigenvalue weighted by Gasteiger charge is -2.36. The molecule has 1 aromatic carbocycles. The highest BCUT2D eigenvalue weighted by Gasteiger charge is 2.33. The van der Waals surface area contributed by atoms with E-state index in [1.165, 1.54) is 4.90 Å². The van der Waals surface area contributed by atoms with Crippen molar-refractivity contribution in [3.05, 3.63) is 29.8 Å². The van der Waals surface area contributed by atoms with E-state index in [9.17, 15) is 24.3 Å². The van der Waals surface area contributed by atoms with Crippen LogP contribution in [0.1, 0.15) is 63.7 Å². The third-order valence-corrected chi connectivity index (χ3v) is 6.50. The summed E-state index contributed by atoms with van der Waals surface area (Å²) in [5, 5.41) is 18.1. The van der Waals surface area contributed by atoms with Gasteiger partial charge in [0.05, 0.1) is 17.7 Å². The van der Waals surface area contributed by atoms with Gasteiger partial charge < -0.3 is 30.7 Å². The second-order valence-corrected chi connectivity index (χ2v) is 10.9. The van der Waals surface area contributed by atoms with Gasteiger partial charge in [-0.3, -0.25) is 19.2 Å². The van der Waals surface area contributed by atoms with Crippen LogP contribution in [0.25, 0.3) is 0 Å². The van der Waals surface area contributed by atoms with Crippen LogP contribution in [0.4, 0.5) is 0 Å². The number of likely N-dealkylation sites (tertiary alicyclic amines) is 1. The third-order valence-electron chi connectivity index (χ3n) is 6.50. The number of amides is 4. The van der Waals surface area contributed by atoms with Crippen LogP contribution in [0, 0.1) is 11.8 Å². The molecular weight excluding hydrogens is 476 g/mol. The number of β-amino-alcohol motifs (C(OH)–C–C–N with tert-alkyl or cyclic N) is 1. The van der Waals surface area contributed by atoms with E-state index in [0.29, 0.717) is 18.6 Å². The molecule has 10 heteroatoms. The van der Waals surface area contributed by atoms with Crippen molar-refractivity contribution < 1.29 is 29.0 Å². The third kappa shape index (κ3) is 8.18. The first kappa shape index (κ1) is 28.4. The standard InChI is InChI=1S/C27H40N4O6/c1-16(2)11-18-15-37-23-8-6-5-7-20(23)25(34)29-21(9-10-24(33)31-13-19(32)14-31)26(35)30-22(12-17(3)4)27(36)28-18/h5-8,16-19,21-22,32H,9-15H2,1-4H3,(H,28,36)(H,29,34)(H,30,35)/t18-,21-,22+/m0/s1. The summed E-state index contributed by atoms with van der Waals surface area (Å²) in [4.78, 5) is 53.9. The highest BCUT2D eigenvalue weighted by Crippen LogP contribution is 2.20. The molecule has 3 rings (SSSR count). The Kier molecular flexibility index (Phi) is 9.91. The van der Waals surface area contributed by atoms with E-state index >= 15 is 0 Å². The molecule has 10 nitrogen and oxygen atoms in total. The Bertz CT molecular complexity index is 975. The summed E-state index contributed by atoms with van der Waals surface area (Å²) >= 11 is 0. The van der Waals surface area contributed by atoms with E-state index in [4.69, 9.17) is 4.74 Å². The van der Waals surface area contributed by atoms with Gasteiger partial charge >= 0.3 is 0 Å². The monoisotopic (exact) mass is 516 g/mol. The van der Waals surface area contributed by atoms with Crippen molar-refractivity contribution >= 4 is 23.6 Å². The number of hydrogen-bond donors (Lipinski definition) is 4. The Hall–Kier alpha value is -3.14. The molecule has 0 radical (unpaired) electrons. The number of nitrogens with zero attached hydrogens (tertiary/aromatic N) is 1. The molecule has 2 aliphatic rings. The Morgan fingerprint density at radius 1 is 0.973 bits per heavy atom. The molecule has 0 saturated carbocycles. The molecule has 204 valence electrons. The molecule has 0 spiro atoms. The first-order valence-electron chi connectivity index (χ1n) is 13.1. The number of carbonyl (C=O) groups is 4. The fourth-order valence-electron chi connectivity index (χ4n) is 4.57. The van der Waals surface area contributed by atoms with Crippen LogP contribution in [0.3, 0.4) is 0 Å². The summed E-state index contributed by atoms with van der Waals surface area (Å²) in [5.41, 5.74) is 0.269. The highest BCUT2D eigenvalue weighted by atomic mass is 16.5. The number of para-hydroxylation sites is 1. The zero-order valence-corrected chi connectivity index (χ0v) is 22.2. The Morgan fingerprint density at radius 3 is 2.27 bits per heavy atom. The van der Waals surface area contributed by atoms with E-state index in [-0.39, 0.29) is 67.8 Å². The average Bonchev–Trinajstić information content (AvgIpc) is 2.81. The molecule has 2 heterocycles. The Labute approximate surface area is 218 Å². The predicted molar refractivity (Wildman–Crippen MR) is 138 cm³/mol. The number of rotatable bonds is 7. The Balaban J connectivity index is 1.87. The van der Waals surface area contributed by atoms with Crippen LogP contribution >= 0.6 is 0 Å². The number of fused-ring (bicyclic) bond motifs is 1. The summed E-state index contributed by atoms with van der Waals surface area (Å²) in [6.45, 7) is 8.73. The normalized spacial score (nSPS) is 23.5. The maximum absolute atomic E-state index is 13.4. The van der Waals surface area contributed by atoms with Gasteiger partial charge in [0.2, 0.25) is 17.7 Å². The molecule has 4 amide bonds. The van der Waals surface area contributed by atoms with Crippen molar-refractivity contribution in [2.24, 2.45) is 11.8 Å². The van der Waals surface area contributed by atoms with Crippen LogP contribution in [0.2, 0.25) is 0 Å². The lowest BCUT2D eigenvalue weighted by atomic mass is 10.00. The fraction of sp³-hybridized carbons (Fsp3) is 0.630. The quantitative estimate of drug-likeness (QED) is 0.430. The molecule has 1 saturated heterocycles. The molecule has 0 bridgehead atoms. The topological polar surface area (TPSA) is 137 Å². The van der Waals surface area contributed by atoms with Gasteiger partial charge in [-0.05, 0) is 43.2 Å². The summed E-state index contributed by atoms with van der Waals surface area (Å²) in [6.07, 6.45) is 0.624. The van der Waals surface area contributed by atoms with Crippen molar-refractivity contribution in [1.82, 2.24) is 20.9 Å². The van der Waals surface area contributed by atoms with Gasteiger partial charge in [-0.15, -0.1) is 0 Å². The van der Waals surface area contributed by atoms with Crippen LogP contribution in [0.5, 0.6) is 5.75 Å². The number of aliphatic hydroxyl groups is 1. The van der Waals surface area contributed by atoms with Gasteiger partial charge in [-0.1, -0.05) is 39.8 Å². The second kappa shape index (κ2) is 12.9. The zero-order chi connectivity index (χ0) is 27.1. The first-order valence-corrected chi connectivity index (χ1v) is 13.1. The summed E-state index contributed by atoms with van der Waals surface area (Å²) in [5.74, 6) is -0.762. The van der Waals surface area contributed by atoms with Gasteiger partial charge in [-0.25, -0.2) is 0 Å². The molecule has 0 aliphatic carbocycles. The molecule has 1 fully saturated rings. The lowest BCUT2D eigenvalue weighted by molar-refractivity contribution is -0.141. The van der Waals surface area contributed by atoms with Crippen LogP contribution in [-0.4, -0.2) is 77.6 Å². The molecule has 2 aliphatic heterocycles. The molecule has 0 unspecified atom stereocenters. The van der Waals surface area contributed by atoms with E-state index in [2.05, 4.69) is 29.8 Å². The van der Waals surface area contributed by atoms with Crippen LogP contribution < -0.4 is 20.7 Å². The first-order chi connectivity index (χ1) is 17.5. The van der Waals surface area contributed by atoms with Gasteiger partial charge in [0.1, 0.15) is 24.4 Å².